The highest BCUT2D eigenvalue weighted by Crippen LogP contribution is 2.70. The first-order valence-corrected chi connectivity index (χ1v) is 12.4. The predicted octanol–water partition coefficient (Wildman–Crippen LogP) is 3.03. The Bertz CT molecular complexity index is 917. The van der Waals surface area contributed by atoms with Crippen LogP contribution < -0.4 is 10.1 Å². The van der Waals surface area contributed by atoms with Gasteiger partial charge in [-0.1, -0.05) is 20.3 Å². The van der Waals surface area contributed by atoms with E-state index in [0.717, 1.165) is 44.8 Å². The van der Waals surface area contributed by atoms with Crippen molar-refractivity contribution in [3.8, 4) is 0 Å². The SMILES string of the molecule is C[C@H]1CCC[C@]2(C)C[C@H]3OC(=O)C(CN4CCN(c5ccc(N([O-])O)cc5)CC4)[C@H]3[C@@H]3O[C@@]132. The number of benzene rings is 1. The molecule has 1 unspecified atom stereocenters. The Balaban J connectivity index is 1.11. The van der Waals surface area contributed by atoms with Gasteiger partial charge < -0.3 is 24.8 Å². The first-order chi connectivity index (χ1) is 15.8. The molecular weight excluding hydrogens is 422 g/mol. The Hall–Kier alpha value is -1.87. The van der Waals surface area contributed by atoms with Gasteiger partial charge in [-0.3, -0.25) is 14.9 Å². The molecule has 0 radical (unpaired) electrons. The van der Waals surface area contributed by atoms with Crippen molar-refractivity contribution >= 4 is 17.3 Å². The number of carbonyl (C=O) groups excluding carboxylic acids is 1. The number of hydrogen-bond acceptors (Lipinski definition) is 8. The van der Waals surface area contributed by atoms with E-state index in [2.05, 4.69) is 23.6 Å². The maximum absolute atomic E-state index is 13.0. The highest BCUT2D eigenvalue weighted by atomic mass is 16.8. The summed E-state index contributed by atoms with van der Waals surface area (Å²) < 4.78 is 12.5. The van der Waals surface area contributed by atoms with Crippen molar-refractivity contribution in [2.75, 3.05) is 42.9 Å². The molecule has 3 heterocycles. The maximum atomic E-state index is 13.0. The Kier molecular flexibility index (Phi) is 4.96. The lowest BCUT2D eigenvalue weighted by Gasteiger charge is -2.49. The van der Waals surface area contributed by atoms with E-state index >= 15 is 0 Å². The molecule has 8 nitrogen and oxygen atoms in total. The van der Waals surface area contributed by atoms with Gasteiger partial charge >= 0.3 is 5.97 Å². The second-order valence-electron chi connectivity index (χ2n) is 11.1. The number of piperazine rings is 1. The molecule has 33 heavy (non-hydrogen) atoms. The smallest absolute Gasteiger partial charge is 0.311 e. The van der Waals surface area contributed by atoms with Crippen LogP contribution in [0.25, 0.3) is 0 Å². The molecule has 1 spiro atoms. The number of epoxide rings is 1. The molecule has 5 aliphatic rings. The minimum atomic E-state index is -0.120. The zero-order chi connectivity index (χ0) is 23.0. The van der Waals surface area contributed by atoms with Crippen LogP contribution in [-0.2, 0) is 14.3 Å². The number of hydrogen-bond donors (Lipinski definition) is 1. The number of ether oxygens (including phenoxy) is 2. The summed E-state index contributed by atoms with van der Waals surface area (Å²) in [6.07, 6.45) is 4.75. The minimum absolute atomic E-state index is 0.00494. The first-order valence-electron chi connectivity index (χ1n) is 12.4. The summed E-state index contributed by atoms with van der Waals surface area (Å²) in [6, 6.07) is 6.97. The molecule has 1 aromatic carbocycles. The van der Waals surface area contributed by atoms with Crippen molar-refractivity contribution in [2.24, 2.45) is 23.2 Å². The van der Waals surface area contributed by atoms with Crippen LogP contribution in [0, 0.1) is 28.4 Å². The summed E-state index contributed by atoms with van der Waals surface area (Å²) >= 11 is 0. The summed E-state index contributed by atoms with van der Waals surface area (Å²) in [5.41, 5.74) is 1.35. The molecule has 6 rings (SSSR count). The molecule has 7 atom stereocenters. The van der Waals surface area contributed by atoms with Crippen molar-refractivity contribution in [1.82, 2.24) is 4.90 Å². The molecule has 3 aliphatic heterocycles. The van der Waals surface area contributed by atoms with E-state index in [-0.39, 0.29) is 51.9 Å². The maximum Gasteiger partial charge on any atom is 0.311 e. The van der Waals surface area contributed by atoms with Crippen LogP contribution in [0.3, 0.4) is 0 Å². The normalized spacial score (nSPS) is 42.2. The van der Waals surface area contributed by atoms with Crippen molar-refractivity contribution < 1.29 is 19.5 Å². The zero-order valence-electron chi connectivity index (χ0n) is 19.5. The van der Waals surface area contributed by atoms with E-state index in [1.54, 1.807) is 12.1 Å². The highest BCUT2D eigenvalue weighted by Gasteiger charge is 2.78. The third kappa shape index (κ3) is 3.21. The number of nitrogens with zero attached hydrogens (tertiary/aromatic N) is 3. The van der Waals surface area contributed by atoms with Crippen molar-refractivity contribution in [1.29, 1.82) is 0 Å². The van der Waals surface area contributed by atoms with Gasteiger partial charge in [0.25, 0.3) is 0 Å². The molecule has 5 fully saturated rings. The average Bonchev–Trinajstić information content (AvgIpc) is 3.49. The van der Waals surface area contributed by atoms with Gasteiger partial charge in [0.2, 0.25) is 0 Å². The summed E-state index contributed by atoms with van der Waals surface area (Å²) in [5, 5.41) is 19.9. The van der Waals surface area contributed by atoms with E-state index in [0.29, 0.717) is 5.92 Å². The molecule has 0 aromatic heterocycles. The number of anilines is 2. The number of rotatable bonds is 4. The van der Waals surface area contributed by atoms with Crippen LogP contribution in [-0.4, -0.2) is 66.6 Å². The van der Waals surface area contributed by atoms with E-state index < -0.39 is 0 Å². The molecule has 1 N–H and O–H groups in total. The fourth-order valence-electron chi connectivity index (χ4n) is 7.70. The molecule has 0 amide bonds. The second-order valence-corrected chi connectivity index (χ2v) is 11.1. The van der Waals surface area contributed by atoms with E-state index in [9.17, 15) is 10.0 Å². The zero-order valence-corrected chi connectivity index (χ0v) is 19.5. The summed E-state index contributed by atoms with van der Waals surface area (Å²) in [7, 11) is 0. The summed E-state index contributed by atoms with van der Waals surface area (Å²) in [5.74, 6) is 0.601. The van der Waals surface area contributed by atoms with Crippen molar-refractivity contribution in [3.63, 3.8) is 0 Å². The van der Waals surface area contributed by atoms with Crippen molar-refractivity contribution in [3.05, 3.63) is 29.5 Å². The van der Waals surface area contributed by atoms with Gasteiger partial charge in [-0.2, -0.15) is 0 Å². The first kappa shape index (κ1) is 21.6. The topological polar surface area (TPSA) is 91.8 Å². The number of esters is 1. The Morgan fingerprint density at radius 1 is 1.21 bits per heavy atom. The average molecular weight is 457 g/mol. The second kappa shape index (κ2) is 7.57. The fourth-order valence-corrected chi connectivity index (χ4v) is 7.70. The predicted molar refractivity (Wildman–Crippen MR) is 123 cm³/mol. The van der Waals surface area contributed by atoms with Crippen LogP contribution in [0.4, 0.5) is 11.4 Å². The van der Waals surface area contributed by atoms with Gasteiger partial charge in [-0.15, -0.1) is 0 Å². The third-order valence-electron chi connectivity index (χ3n) is 9.46. The molecule has 2 aliphatic carbocycles. The van der Waals surface area contributed by atoms with Crippen LogP contribution in [0.2, 0.25) is 0 Å². The van der Waals surface area contributed by atoms with Gasteiger partial charge in [0.05, 0.1) is 17.7 Å². The molecule has 1 aromatic rings. The number of carbonyl (C=O) groups is 1. The van der Waals surface area contributed by atoms with E-state index in [1.165, 1.54) is 19.3 Å². The fraction of sp³-hybridized carbons (Fsp3) is 0.720. The van der Waals surface area contributed by atoms with Crippen LogP contribution in [0.5, 0.6) is 0 Å². The summed E-state index contributed by atoms with van der Waals surface area (Å²) in [4.78, 5) is 17.6. The van der Waals surface area contributed by atoms with Crippen LogP contribution >= 0.6 is 0 Å². The molecule has 0 bridgehead atoms. The third-order valence-corrected chi connectivity index (χ3v) is 9.46. The van der Waals surface area contributed by atoms with Crippen molar-refractivity contribution in [2.45, 2.75) is 57.3 Å². The standard InChI is InChI=1S/C25H34N3O5/c1-16-4-3-9-24(2)14-20-21(22-25(16,24)33-22)19(23(29)32-20)15-26-10-12-27(13-11-26)17-5-7-18(8-6-17)28(30)31/h5-8,16,19-22,30H,3-4,9-15H2,1-2H3/q-1/t16-,19?,20+,21+,22-,24+,25-/m0/s1. The van der Waals surface area contributed by atoms with Crippen LogP contribution in [0.1, 0.15) is 39.5 Å². The molecule has 180 valence electrons. The Labute approximate surface area is 195 Å². The van der Waals surface area contributed by atoms with E-state index in [4.69, 9.17) is 14.7 Å². The lowest BCUT2D eigenvalue weighted by atomic mass is 9.53. The lowest BCUT2D eigenvalue weighted by Crippen LogP contribution is -2.55. The van der Waals surface area contributed by atoms with Gasteiger partial charge in [0.1, 0.15) is 11.7 Å². The molecule has 2 saturated carbocycles. The molecule has 3 saturated heterocycles. The van der Waals surface area contributed by atoms with E-state index in [1.807, 2.05) is 12.1 Å². The molecular formula is C25H34N3O5-. The van der Waals surface area contributed by atoms with Gasteiger partial charge in [-0.05, 0) is 49.4 Å². The van der Waals surface area contributed by atoms with Gasteiger partial charge in [0, 0.05) is 49.7 Å². The lowest BCUT2D eigenvalue weighted by molar-refractivity contribution is -0.146. The number of fused-ring (bicyclic) bond motifs is 2. The highest BCUT2D eigenvalue weighted by molar-refractivity contribution is 5.76. The summed E-state index contributed by atoms with van der Waals surface area (Å²) in [6.45, 7) is 8.90. The Morgan fingerprint density at radius 2 is 1.94 bits per heavy atom. The van der Waals surface area contributed by atoms with Gasteiger partial charge in [0.15, 0.2) is 0 Å². The van der Waals surface area contributed by atoms with Gasteiger partial charge in [-0.25, -0.2) is 0 Å². The minimum Gasteiger partial charge on any atom is -0.733 e. The monoisotopic (exact) mass is 456 g/mol. The largest absolute Gasteiger partial charge is 0.733 e. The Morgan fingerprint density at radius 3 is 2.64 bits per heavy atom. The quantitative estimate of drug-likeness (QED) is 0.420. The van der Waals surface area contributed by atoms with Crippen LogP contribution in [0.15, 0.2) is 24.3 Å². The molecule has 8 heteroatoms.